The van der Waals surface area contributed by atoms with E-state index < -0.39 is 5.60 Å². The SMILES string of the molecule is CC(C)(C)OC(=O)N1CC[C@H](CN[C@@H]2CCSC2)C1. The zero-order valence-corrected chi connectivity index (χ0v) is 13.1. The van der Waals surface area contributed by atoms with Gasteiger partial charge in [0.25, 0.3) is 0 Å². The molecule has 0 unspecified atom stereocenters. The molecule has 2 saturated heterocycles. The van der Waals surface area contributed by atoms with Gasteiger partial charge in [0.1, 0.15) is 5.60 Å². The lowest BCUT2D eigenvalue weighted by Gasteiger charge is -2.24. The number of amides is 1. The molecule has 1 N–H and O–H groups in total. The molecule has 2 atom stereocenters. The molecule has 2 rings (SSSR count). The topological polar surface area (TPSA) is 41.6 Å². The van der Waals surface area contributed by atoms with E-state index in [1.165, 1.54) is 17.9 Å². The Hall–Kier alpha value is -0.420. The first-order valence-electron chi connectivity index (χ1n) is 7.23. The molecular weight excluding hydrogens is 260 g/mol. The first-order valence-corrected chi connectivity index (χ1v) is 8.38. The molecule has 2 fully saturated rings. The van der Waals surface area contributed by atoms with Crippen LogP contribution in [0.3, 0.4) is 0 Å². The van der Waals surface area contributed by atoms with Crippen molar-refractivity contribution in [3.63, 3.8) is 0 Å². The molecule has 2 aliphatic rings. The maximum Gasteiger partial charge on any atom is 0.410 e. The molecule has 0 aromatic rings. The summed E-state index contributed by atoms with van der Waals surface area (Å²) in [7, 11) is 0. The number of nitrogens with zero attached hydrogens (tertiary/aromatic N) is 1. The van der Waals surface area contributed by atoms with Gasteiger partial charge in [-0.15, -0.1) is 0 Å². The van der Waals surface area contributed by atoms with Crippen molar-refractivity contribution in [3.8, 4) is 0 Å². The fourth-order valence-electron chi connectivity index (χ4n) is 2.52. The van der Waals surface area contributed by atoms with Gasteiger partial charge in [0.15, 0.2) is 0 Å². The second kappa shape index (κ2) is 6.35. The van der Waals surface area contributed by atoms with Gasteiger partial charge < -0.3 is 15.0 Å². The molecule has 5 heteroatoms. The lowest BCUT2D eigenvalue weighted by Crippen LogP contribution is -2.37. The summed E-state index contributed by atoms with van der Waals surface area (Å²) in [4.78, 5) is 13.8. The Labute approximate surface area is 120 Å². The molecule has 4 nitrogen and oxygen atoms in total. The molecule has 0 aliphatic carbocycles. The van der Waals surface area contributed by atoms with E-state index in [9.17, 15) is 4.79 Å². The van der Waals surface area contributed by atoms with Gasteiger partial charge in [0.05, 0.1) is 0 Å². The number of ether oxygens (including phenoxy) is 1. The molecule has 0 aromatic carbocycles. The van der Waals surface area contributed by atoms with Crippen LogP contribution >= 0.6 is 11.8 Å². The minimum absolute atomic E-state index is 0.161. The van der Waals surface area contributed by atoms with Crippen LogP contribution in [-0.2, 0) is 4.74 Å². The van der Waals surface area contributed by atoms with Crippen LogP contribution in [0.4, 0.5) is 4.79 Å². The molecule has 1 amide bonds. The summed E-state index contributed by atoms with van der Waals surface area (Å²) in [6.07, 6.45) is 2.21. The lowest BCUT2D eigenvalue weighted by atomic mass is 10.1. The molecular formula is C14H26N2O2S. The second-order valence-corrected chi connectivity index (χ2v) is 7.70. The molecule has 0 spiro atoms. The second-order valence-electron chi connectivity index (χ2n) is 6.55. The highest BCUT2D eigenvalue weighted by molar-refractivity contribution is 7.99. The Morgan fingerprint density at radius 2 is 2.21 bits per heavy atom. The van der Waals surface area contributed by atoms with Gasteiger partial charge in [-0.05, 0) is 45.3 Å². The van der Waals surface area contributed by atoms with Gasteiger partial charge in [-0.1, -0.05) is 0 Å². The van der Waals surface area contributed by atoms with E-state index in [0.717, 1.165) is 26.1 Å². The Bertz CT molecular complexity index is 311. The summed E-state index contributed by atoms with van der Waals surface area (Å²) >= 11 is 2.03. The normalized spacial score (nSPS) is 27.8. The van der Waals surface area contributed by atoms with Crippen molar-refractivity contribution in [2.75, 3.05) is 31.1 Å². The summed E-state index contributed by atoms with van der Waals surface area (Å²) in [5, 5.41) is 3.63. The quantitative estimate of drug-likeness (QED) is 0.864. The molecule has 110 valence electrons. The highest BCUT2D eigenvalue weighted by Gasteiger charge is 2.30. The summed E-state index contributed by atoms with van der Waals surface area (Å²) < 4.78 is 5.41. The minimum atomic E-state index is -0.394. The van der Waals surface area contributed by atoms with Crippen molar-refractivity contribution >= 4 is 17.9 Å². The van der Waals surface area contributed by atoms with Crippen molar-refractivity contribution in [1.82, 2.24) is 10.2 Å². The smallest absolute Gasteiger partial charge is 0.410 e. The summed E-state index contributed by atoms with van der Waals surface area (Å²) in [6, 6.07) is 0.681. The molecule has 2 heterocycles. The number of likely N-dealkylation sites (tertiary alicyclic amines) is 1. The number of carbonyl (C=O) groups excluding carboxylic acids is 1. The van der Waals surface area contributed by atoms with Crippen LogP contribution in [0, 0.1) is 5.92 Å². The van der Waals surface area contributed by atoms with E-state index in [2.05, 4.69) is 5.32 Å². The molecule has 0 aromatic heterocycles. The van der Waals surface area contributed by atoms with Crippen LogP contribution < -0.4 is 5.32 Å². The third-order valence-corrected chi connectivity index (χ3v) is 4.72. The first kappa shape index (κ1) is 15.0. The van der Waals surface area contributed by atoms with Gasteiger partial charge in [0.2, 0.25) is 0 Å². The van der Waals surface area contributed by atoms with Crippen molar-refractivity contribution in [3.05, 3.63) is 0 Å². The van der Waals surface area contributed by atoms with Gasteiger partial charge in [-0.25, -0.2) is 4.79 Å². The fourth-order valence-corrected chi connectivity index (χ4v) is 3.71. The zero-order chi connectivity index (χ0) is 13.9. The molecule has 0 saturated carbocycles. The summed E-state index contributed by atoms with van der Waals surface area (Å²) in [6.45, 7) is 8.44. The van der Waals surface area contributed by atoms with E-state index >= 15 is 0 Å². The number of nitrogens with one attached hydrogen (secondary N) is 1. The average molecular weight is 286 g/mol. The standard InChI is InChI=1S/C14H26N2O2S/c1-14(2,3)18-13(17)16-6-4-11(9-16)8-15-12-5-7-19-10-12/h11-12,15H,4-10H2,1-3H3/t11-,12-/m1/s1. The predicted octanol–water partition coefficient (Wildman–Crippen LogP) is 2.34. The lowest BCUT2D eigenvalue weighted by molar-refractivity contribution is 0.0288. The Kier molecular flexibility index (Phi) is 5.01. The van der Waals surface area contributed by atoms with Crippen molar-refractivity contribution in [1.29, 1.82) is 0 Å². The van der Waals surface area contributed by atoms with Gasteiger partial charge in [-0.2, -0.15) is 11.8 Å². The third-order valence-electron chi connectivity index (χ3n) is 3.56. The van der Waals surface area contributed by atoms with Gasteiger partial charge in [0, 0.05) is 31.4 Å². The number of hydrogen-bond acceptors (Lipinski definition) is 4. The maximum absolute atomic E-state index is 11.9. The molecule has 19 heavy (non-hydrogen) atoms. The summed E-state index contributed by atoms with van der Waals surface area (Å²) in [5.74, 6) is 3.10. The maximum atomic E-state index is 11.9. The molecule has 0 bridgehead atoms. The van der Waals surface area contributed by atoms with Crippen LogP contribution in [-0.4, -0.2) is 53.8 Å². The Morgan fingerprint density at radius 1 is 1.42 bits per heavy atom. The number of carbonyl (C=O) groups is 1. The van der Waals surface area contributed by atoms with Crippen LogP contribution in [0.1, 0.15) is 33.6 Å². The third kappa shape index (κ3) is 4.88. The zero-order valence-electron chi connectivity index (χ0n) is 12.3. The fraction of sp³-hybridized carbons (Fsp3) is 0.929. The van der Waals surface area contributed by atoms with E-state index in [0.29, 0.717) is 12.0 Å². The van der Waals surface area contributed by atoms with Crippen LogP contribution in [0.25, 0.3) is 0 Å². The Balaban J connectivity index is 1.68. The van der Waals surface area contributed by atoms with Crippen LogP contribution in [0.5, 0.6) is 0 Å². The Morgan fingerprint density at radius 3 is 2.84 bits per heavy atom. The van der Waals surface area contributed by atoms with Crippen molar-refractivity contribution in [2.45, 2.75) is 45.3 Å². The van der Waals surface area contributed by atoms with Crippen LogP contribution in [0.2, 0.25) is 0 Å². The van der Waals surface area contributed by atoms with Crippen molar-refractivity contribution < 1.29 is 9.53 Å². The number of thioether (sulfide) groups is 1. The predicted molar refractivity (Wildman–Crippen MR) is 79.6 cm³/mol. The van der Waals surface area contributed by atoms with E-state index in [1.807, 2.05) is 37.4 Å². The van der Waals surface area contributed by atoms with E-state index in [-0.39, 0.29) is 6.09 Å². The minimum Gasteiger partial charge on any atom is -0.444 e. The largest absolute Gasteiger partial charge is 0.444 e. The highest BCUT2D eigenvalue weighted by Crippen LogP contribution is 2.21. The van der Waals surface area contributed by atoms with E-state index in [1.54, 1.807) is 0 Å². The highest BCUT2D eigenvalue weighted by atomic mass is 32.2. The summed E-state index contributed by atoms with van der Waals surface area (Å²) in [5.41, 5.74) is -0.394. The number of rotatable bonds is 3. The first-order chi connectivity index (χ1) is 8.94. The van der Waals surface area contributed by atoms with Crippen LogP contribution in [0.15, 0.2) is 0 Å². The monoisotopic (exact) mass is 286 g/mol. The number of hydrogen-bond donors (Lipinski definition) is 1. The van der Waals surface area contributed by atoms with Gasteiger partial charge in [-0.3, -0.25) is 0 Å². The molecule has 0 radical (unpaired) electrons. The average Bonchev–Trinajstić information content (AvgIpc) is 2.96. The van der Waals surface area contributed by atoms with E-state index in [4.69, 9.17) is 4.74 Å². The van der Waals surface area contributed by atoms with Crippen molar-refractivity contribution in [2.24, 2.45) is 5.92 Å². The molecule has 2 aliphatic heterocycles. The van der Waals surface area contributed by atoms with Gasteiger partial charge >= 0.3 is 6.09 Å².